The molecule has 7 nitrogen and oxygen atoms in total. The standard InChI is InChI=1S/C29H31N7.2ClH.Co/c1-3-14-35(15-4-1)20-10-12-22-26(18-20)33-28(31-22)24-8-7-9-25(30-24)29-32-23-13-11-21(19-27(23)34-29)36-16-5-2-6-17-36;;;/h7-13,18-19,22-23H,1-6,14-17H2;2*1H;/q;;;+2/p-2. The third-order valence-corrected chi connectivity index (χ3v) is 7.74. The summed E-state index contributed by atoms with van der Waals surface area (Å²) in [6.45, 7) is 4.50. The summed E-state index contributed by atoms with van der Waals surface area (Å²) in [4.78, 5) is 29.3. The van der Waals surface area contributed by atoms with Gasteiger partial charge in [-0.2, -0.15) is 0 Å². The summed E-state index contributed by atoms with van der Waals surface area (Å²) < 4.78 is 0. The van der Waals surface area contributed by atoms with Crippen molar-refractivity contribution in [2.75, 3.05) is 26.2 Å². The molecule has 2 aliphatic carbocycles. The van der Waals surface area contributed by atoms with Gasteiger partial charge in [-0.3, -0.25) is 9.98 Å². The van der Waals surface area contributed by atoms with Gasteiger partial charge in [-0.05, 0) is 75.0 Å². The van der Waals surface area contributed by atoms with E-state index in [0.717, 1.165) is 49.0 Å². The maximum absolute atomic E-state index is 4.88. The van der Waals surface area contributed by atoms with Crippen molar-refractivity contribution in [2.24, 2.45) is 20.0 Å². The van der Waals surface area contributed by atoms with E-state index in [4.69, 9.17) is 25.0 Å². The van der Waals surface area contributed by atoms with Gasteiger partial charge >= 0.3 is 16.8 Å². The molecule has 39 heavy (non-hydrogen) atoms. The molecule has 2 atom stereocenters. The van der Waals surface area contributed by atoms with Gasteiger partial charge in [-0.1, -0.05) is 18.2 Å². The Labute approximate surface area is 252 Å². The van der Waals surface area contributed by atoms with Crippen molar-refractivity contribution in [1.29, 1.82) is 0 Å². The van der Waals surface area contributed by atoms with Crippen molar-refractivity contribution in [3.05, 3.63) is 77.4 Å². The van der Waals surface area contributed by atoms with E-state index in [1.807, 2.05) is 18.2 Å². The average molecular weight is 607 g/mol. The molecule has 0 amide bonds. The number of fused-ring (bicyclic) bond motifs is 2. The number of pyridine rings is 1. The zero-order valence-corrected chi connectivity index (χ0v) is 24.2. The van der Waals surface area contributed by atoms with E-state index in [1.165, 1.54) is 49.9 Å². The molecule has 205 valence electrons. The molecular formula is C29H31Cl2CoN7. The fourth-order valence-electron chi connectivity index (χ4n) is 5.76. The first-order chi connectivity index (χ1) is 17.8. The number of aliphatic imine (C=N–C) groups is 4. The van der Waals surface area contributed by atoms with Gasteiger partial charge in [0.25, 0.3) is 0 Å². The van der Waals surface area contributed by atoms with Crippen molar-refractivity contribution >= 4 is 23.1 Å². The van der Waals surface area contributed by atoms with E-state index in [-0.39, 0.29) is 53.7 Å². The summed E-state index contributed by atoms with van der Waals surface area (Å²) in [6, 6.07) is 5.92. The van der Waals surface area contributed by atoms with Crippen molar-refractivity contribution < 1.29 is 41.6 Å². The Morgan fingerprint density at radius 1 is 0.615 bits per heavy atom. The average Bonchev–Trinajstić information content (AvgIpc) is 3.58. The van der Waals surface area contributed by atoms with Crippen LogP contribution in [0, 0.1) is 0 Å². The fraction of sp³-hybridized carbons (Fsp3) is 0.414. The molecule has 2 fully saturated rings. The van der Waals surface area contributed by atoms with Crippen LogP contribution >= 0.6 is 0 Å². The number of allylic oxidation sites excluding steroid dienone is 2. The SMILES string of the molecule is C1=CC2N=C(c3cccc(C4=NC5C=CC(N6CCCCC6)=CC5=N4)n3)N=C2C=C1N1CCCCC1.[Cl-].[Cl-].[Co+2]. The molecule has 1 aromatic rings. The number of aromatic nitrogens is 1. The maximum Gasteiger partial charge on any atom is 2.00 e. The smallest absolute Gasteiger partial charge is 1.00 e. The third-order valence-electron chi connectivity index (χ3n) is 7.74. The Bertz CT molecular complexity index is 1230. The molecule has 2 unspecified atom stereocenters. The van der Waals surface area contributed by atoms with E-state index in [1.54, 1.807) is 0 Å². The van der Waals surface area contributed by atoms with Crippen molar-refractivity contribution in [3.8, 4) is 0 Å². The second kappa shape index (κ2) is 12.8. The molecule has 0 saturated carbocycles. The van der Waals surface area contributed by atoms with Crippen LogP contribution in [0.15, 0.2) is 86.0 Å². The Kier molecular flexibility index (Phi) is 9.64. The van der Waals surface area contributed by atoms with E-state index in [2.05, 4.69) is 46.3 Å². The predicted molar refractivity (Wildman–Crippen MR) is 145 cm³/mol. The Hall–Kier alpha value is -2.52. The van der Waals surface area contributed by atoms with Gasteiger partial charge in [0.1, 0.15) is 23.5 Å². The number of nitrogens with zero attached hydrogens (tertiary/aromatic N) is 7. The zero-order chi connectivity index (χ0) is 23.9. The van der Waals surface area contributed by atoms with Crippen LogP contribution in [0.1, 0.15) is 49.9 Å². The van der Waals surface area contributed by atoms with E-state index in [9.17, 15) is 0 Å². The van der Waals surface area contributed by atoms with Crippen molar-refractivity contribution in [1.82, 2.24) is 14.8 Å². The van der Waals surface area contributed by atoms with Gasteiger partial charge in [0.15, 0.2) is 11.7 Å². The molecule has 7 rings (SSSR count). The molecule has 1 radical (unpaired) electrons. The first kappa shape index (κ1) is 29.5. The zero-order valence-electron chi connectivity index (χ0n) is 21.6. The molecule has 2 saturated heterocycles. The van der Waals surface area contributed by atoms with Crippen LogP contribution in [0.25, 0.3) is 0 Å². The van der Waals surface area contributed by atoms with Gasteiger partial charge in [-0.25, -0.2) is 15.0 Å². The van der Waals surface area contributed by atoms with Gasteiger partial charge in [0, 0.05) is 37.6 Å². The quantitative estimate of drug-likeness (QED) is 0.402. The minimum Gasteiger partial charge on any atom is -1.00 e. The van der Waals surface area contributed by atoms with Crippen LogP contribution < -0.4 is 24.8 Å². The number of hydrogen-bond acceptors (Lipinski definition) is 7. The van der Waals surface area contributed by atoms with Gasteiger partial charge < -0.3 is 34.6 Å². The molecule has 0 N–H and O–H groups in total. The van der Waals surface area contributed by atoms with Crippen LogP contribution in [0.3, 0.4) is 0 Å². The number of likely N-dealkylation sites (tertiary alicyclic amines) is 2. The van der Waals surface area contributed by atoms with Gasteiger partial charge in [-0.15, -0.1) is 0 Å². The summed E-state index contributed by atoms with van der Waals surface area (Å²) in [5.41, 5.74) is 6.07. The normalized spacial score (nSPS) is 24.9. The predicted octanol–water partition coefficient (Wildman–Crippen LogP) is -1.89. The fourth-order valence-corrected chi connectivity index (χ4v) is 5.76. The molecule has 4 aliphatic heterocycles. The number of hydrogen-bond donors (Lipinski definition) is 0. The Balaban J connectivity index is 0.00000118. The minimum absolute atomic E-state index is 0. The van der Waals surface area contributed by atoms with Gasteiger partial charge in [0.05, 0.1) is 11.4 Å². The van der Waals surface area contributed by atoms with E-state index >= 15 is 0 Å². The third kappa shape index (κ3) is 5.99. The van der Waals surface area contributed by atoms with E-state index in [0.29, 0.717) is 11.7 Å². The summed E-state index contributed by atoms with van der Waals surface area (Å²) >= 11 is 0. The maximum atomic E-state index is 4.88. The molecule has 0 aromatic carbocycles. The molecule has 0 spiro atoms. The number of amidine groups is 2. The monoisotopic (exact) mass is 606 g/mol. The molecule has 5 heterocycles. The van der Waals surface area contributed by atoms with Crippen LogP contribution in [-0.2, 0) is 16.8 Å². The number of piperidine rings is 2. The first-order valence-electron chi connectivity index (χ1n) is 13.4. The van der Waals surface area contributed by atoms with Crippen LogP contribution in [0.5, 0.6) is 0 Å². The second-order valence-electron chi connectivity index (χ2n) is 10.2. The Morgan fingerprint density at radius 2 is 1.05 bits per heavy atom. The largest absolute Gasteiger partial charge is 2.00 e. The topological polar surface area (TPSA) is 68.8 Å². The van der Waals surface area contributed by atoms with E-state index < -0.39 is 0 Å². The van der Waals surface area contributed by atoms with Crippen LogP contribution in [0.4, 0.5) is 0 Å². The van der Waals surface area contributed by atoms with Crippen LogP contribution in [0.2, 0.25) is 0 Å². The van der Waals surface area contributed by atoms with Crippen molar-refractivity contribution in [3.63, 3.8) is 0 Å². The second-order valence-corrected chi connectivity index (χ2v) is 10.2. The molecule has 0 bridgehead atoms. The number of rotatable bonds is 4. The molecule has 6 aliphatic rings. The molecule has 10 heteroatoms. The summed E-state index contributed by atoms with van der Waals surface area (Å²) in [7, 11) is 0. The van der Waals surface area contributed by atoms with Crippen molar-refractivity contribution in [2.45, 2.75) is 50.6 Å². The van der Waals surface area contributed by atoms with Gasteiger partial charge in [0.2, 0.25) is 0 Å². The Morgan fingerprint density at radius 3 is 1.49 bits per heavy atom. The van der Waals surface area contributed by atoms with Crippen LogP contribution in [-0.4, -0.2) is 76.1 Å². The molecule has 1 aromatic heterocycles. The minimum atomic E-state index is -0.0191. The number of halogens is 2. The molecular weight excluding hydrogens is 576 g/mol. The summed E-state index contributed by atoms with van der Waals surface area (Å²) in [6.07, 6.45) is 20.8. The first-order valence-corrected chi connectivity index (χ1v) is 13.4. The summed E-state index contributed by atoms with van der Waals surface area (Å²) in [5, 5.41) is 0. The summed E-state index contributed by atoms with van der Waals surface area (Å²) in [5.74, 6) is 1.38.